The molecule has 2 N–H and O–H groups in total. The standard InChI is InChI=1S/C13H18BrNO2S/c14-11-4-2-5-12(9-11)18(16,17)8-7-10-3-1-6-13(10)15/h2,4-5,9-10,13H,1,3,6-8,15H2. The van der Waals surface area contributed by atoms with Crippen molar-refractivity contribution in [2.75, 3.05) is 5.75 Å². The second-order valence-electron chi connectivity index (χ2n) is 4.92. The highest BCUT2D eigenvalue weighted by atomic mass is 79.9. The average molecular weight is 332 g/mol. The SMILES string of the molecule is NC1CCCC1CCS(=O)(=O)c1cccc(Br)c1. The fourth-order valence-electron chi connectivity index (χ4n) is 2.51. The number of nitrogens with two attached hydrogens (primary N) is 1. The lowest BCUT2D eigenvalue weighted by Gasteiger charge is -2.15. The molecule has 0 heterocycles. The van der Waals surface area contributed by atoms with Crippen LogP contribution in [0.2, 0.25) is 0 Å². The van der Waals surface area contributed by atoms with Crippen LogP contribution in [0.1, 0.15) is 25.7 Å². The smallest absolute Gasteiger partial charge is 0.178 e. The molecule has 18 heavy (non-hydrogen) atoms. The van der Waals surface area contributed by atoms with E-state index >= 15 is 0 Å². The van der Waals surface area contributed by atoms with Crippen LogP contribution in [0.5, 0.6) is 0 Å². The Hall–Kier alpha value is -0.390. The van der Waals surface area contributed by atoms with Crippen LogP contribution >= 0.6 is 15.9 Å². The first-order chi connectivity index (χ1) is 8.49. The Labute approximate surface area is 117 Å². The van der Waals surface area contributed by atoms with E-state index in [1.807, 2.05) is 6.07 Å². The Morgan fingerprint density at radius 2 is 2.11 bits per heavy atom. The Balaban J connectivity index is 2.03. The number of benzene rings is 1. The summed E-state index contributed by atoms with van der Waals surface area (Å²) >= 11 is 3.30. The summed E-state index contributed by atoms with van der Waals surface area (Å²) in [4.78, 5) is 0.392. The van der Waals surface area contributed by atoms with Crippen LogP contribution in [-0.2, 0) is 9.84 Å². The van der Waals surface area contributed by atoms with E-state index in [1.54, 1.807) is 18.2 Å². The van der Waals surface area contributed by atoms with Crippen molar-refractivity contribution in [1.29, 1.82) is 0 Å². The van der Waals surface area contributed by atoms with Crippen molar-refractivity contribution < 1.29 is 8.42 Å². The molecule has 2 atom stereocenters. The summed E-state index contributed by atoms with van der Waals surface area (Å²) < 4.78 is 25.2. The lowest BCUT2D eigenvalue weighted by atomic mass is 10.0. The minimum Gasteiger partial charge on any atom is -0.327 e. The summed E-state index contributed by atoms with van der Waals surface area (Å²) in [5, 5.41) is 0. The maximum Gasteiger partial charge on any atom is 0.178 e. The minimum absolute atomic E-state index is 0.183. The van der Waals surface area contributed by atoms with Gasteiger partial charge in [-0.05, 0) is 43.4 Å². The number of rotatable bonds is 4. The Morgan fingerprint density at radius 3 is 2.72 bits per heavy atom. The normalized spacial score (nSPS) is 24.3. The van der Waals surface area contributed by atoms with Gasteiger partial charge in [-0.2, -0.15) is 0 Å². The highest BCUT2D eigenvalue weighted by Gasteiger charge is 2.26. The van der Waals surface area contributed by atoms with Crippen molar-refractivity contribution >= 4 is 25.8 Å². The molecule has 1 aromatic carbocycles. The molecule has 5 heteroatoms. The average Bonchev–Trinajstić information content (AvgIpc) is 2.72. The summed E-state index contributed by atoms with van der Waals surface area (Å²) in [5.74, 6) is 0.564. The van der Waals surface area contributed by atoms with E-state index in [2.05, 4.69) is 15.9 Å². The van der Waals surface area contributed by atoms with Crippen LogP contribution in [-0.4, -0.2) is 20.2 Å². The second kappa shape index (κ2) is 5.72. The lowest BCUT2D eigenvalue weighted by Crippen LogP contribution is -2.26. The maximum atomic E-state index is 12.2. The van der Waals surface area contributed by atoms with E-state index in [9.17, 15) is 8.42 Å². The van der Waals surface area contributed by atoms with Gasteiger partial charge in [-0.1, -0.05) is 28.4 Å². The third kappa shape index (κ3) is 3.33. The van der Waals surface area contributed by atoms with Crippen LogP contribution in [0.3, 0.4) is 0 Å². The Bertz CT molecular complexity index is 515. The molecule has 0 bridgehead atoms. The highest BCUT2D eigenvalue weighted by molar-refractivity contribution is 9.10. The molecule has 0 spiro atoms. The molecule has 0 amide bonds. The number of hydrogen-bond donors (Lipinski definition) is 1. The van der Waals surface area contributed by atoms with Gasteiger partial charge >= 0.3 is 0 Å². The van der Waals surface area contributed by atoms with Gasteiger partial charge < -0.3 is 5.73 Å². The predicted octanol–water partition coefficient (Wildman–Crippen LogP) is 2.74. The molecule has 0 aliphatic heterocycles. The molecule has 0 radical (unpaired) electrons. The molecule has 0 aromatic heterocycles. The highest BCUT2D eigenvalue weighted by Crippen LogP contribution is 2.28. The van der Waals surface area contributed by atoms with Crippen molar-refractivity contribution in [1.82, 2.24) is 0 Å². The van der Waals surface area contributed by atoms with Gasteiger partial charge in [-0.25, -0.2) is 8.42 Å². The summed E-state index contributed by atoms with van der Waals surface area (Å²) in [6, 6.07) is 7.06. The summed E-state index contributed by atoms with van der Waals surface area (Å²) in [7, 11) is -3.18. The largest absolute Gasteiger partial charge is 0.327 e. The minimum atomic E-state index is -3.18. The predicted molar refractivity (Wildman–Crippen MR) is 76.1 cm³/mol. The van der Waals surface area contributed by atoms with Gasteiger partial charge in [0.2, 0.25) is 0 Å². The summed E-state index contributed by atoms with van der Waals surface area (Å²) in [6.45, 7) is 0. The zero-order chi connectivity index (χ0) is 13.2. The molecular weight excluding hydrogens is 314 g/mol. The van der Waals surface area contributed by atoms with Gasteiger partial charge in [0.25, 0.3) is 0 Å². The van der Waals surface area contributed by atoms with E-state index in [4.69, 9.17) is 5.73 Å². The van der Waals surface area contributed by atoms with Crippen molar-refractivity contribution in [3.8, 4) is 0 Å². The molecule has 0 saturated heterocycles. The van der Waals surface area contributed by atoms with Gasteiger partial charge in [0, 0.05) is 10.5 Å². The molecule has 2 rings (SSSR count). The van der Waals surface area contributed by atoms with E-state index in [-0.39, 0.29) is 11.8 Å². The van der Waals surface area contributed by atoms with Crippen molar-refractivity contribution in [3.05, 3.63) is 28.7 Å². The Morgan fingerprint density at radius 1 is 1.33 bits per heavy atom. The first-order valence-electron chi connectivity index (χ1n) is 6.23. The molecule has 1 aromatic rings. The second-order valence-corrected chi connectivity index (χ2v) is 7.94. The third-order valence-corrected chi connectivity index (χ3v) is 5.87. The maximum absolute atomic E-state index is 12.2. The number of sulfone groups is 1. The van der Waals surface area contributed by atoms with Gasteiger partial charge in [0.15, 0.2) is 9.84 Å². The van der Waals surface area contributed by atoms with E-state index in [0.29, 0.717) is 17.2 Å². The van der Waals surface area contributed by atoms with Gasteiger partial charge in [-0.3, -0.25) is 0 Å². The van der Waals surface area contributed by atoms with E-state index in [1.165, 1.54) is 0 Å². The van der Waals surface area contributed by atoms with Crippen LogP contribution in [0.25, 0.3) is 0 Å². The van der Waals surface area contributed by atoms with Crippen molar-refractivity contribution in [3.63, 3.8) is 0 Å². The molecule has 1 fully saturated rings. The quantitative estimate of drug-likeness (QED) is 0.922. The van der Waals surface area contributed by atoms with Crippen LogP contribution in [0.15, 0.2) is 33.6 Å². The van der Waals surface area contributed by atoms with Gasteiger partial charge in [-0.15, -0.1) is 0 Å². The molecule has 3 nitrogen and oxygen atoms in total. The number of halogens is 1. The van der Waals surface area contributed by atoms with Gasteiger partial charge in [0.1, 0.15) is 0 Å². The molecule has 2 unspecified atom stereocenters. The van der Waals surface area contributed by atoms with E-state index < -0.39 is 9.84 Å². The monoisotopic (exact) mass is 331 g/mol. The zero-order valence-corrected chi connectivity index (χ0v) is 12.6. The lowest BCUT2D eigenvalue weighted by molar-refractivity contribution is 0.464. The fourth-order valence-corrected chi connectivity index (χ4v) is 4.50. The van der Waals surface area contributed by atoms with Crippen LogP contribution in [0.4, 0.5) is 0 Å². The molecule has 100 valence electrons. The van der Waals surface area contributed by atoms with Crippen molar-refractivity contribution in [2.45, 2.75) is 36.6 Å². The molecule has 1 saturated carbocycles. The summed E-state index contributed by atoms with van der Waals surface area (Å²) in [6.07, 6.45) is 3.90. The van der Waals surface area contributed by atoms with E-state index in [0.717, 1.165) is 23.7 Å². The number of hydrogen-bond acceptors (Lipinski definition) is 3. The third-order valence-electron chi connectivity index (χ3n) is 3.63. The van der Waals surface area contributed by atoms with Gasteiger partial charge in [0.05, 0.1) is 10.6 Å². The molecule has 1 aliphatic carbocycles. The van der Waals surface area contributed by atoms with Crippen molar-refractivity contribution in [2.24, 2.45) is 11.7 Å². The molecule has 1 aliphatic rings. The topological polar surface area (TPSA) is 60.2 Å². The van der Waals surface area contributed by atoms with Crippen LogP contribution in [0, 0.1) is 5.92 Å². The molecular formula is C13H18BrNO2S. The fraction of sp³-hybridized carbons (Fsp3) is 0.538. The van der Waals surface area contributed by atoms with Crippen LogP contribution < -0.4 is 5.73 Å². The first-order valence-corrected chi connectivity index (χ1v) is 8.67. The Kier molecular flexibility index (Phi) is 4.45. The summed E-state index contributed by atoms with van der Waals surface area (Å²) in [5.41, 5.74) is 5.97. The first kappa shape index (κ1) is 14.0. The zero-order valence-electron chi connectivity index (χ0n) is 10.2.